The molecule has 0 aromatic carbocycles. The smallest absolute Gasteiger partial charge is 0.272 e. The molecule has 4 N–H and O–H groups in total. The fraction of sp³-hybridized carbons (Fsp3) is 0.630. The molecular weight excluding hydrogens is 498 g/mol. The number of hydrogen-bond donors (Lipinski definition) is 4. The predicted octanol–water partition coefficient (Wildman–Crippen LogP) is 0.674. The molecule has 5 heterocycles. The van der Waals surface area contributed by atoms with Gasteiger partial charge in [-0.25, -0.2) is 14.5 Å². The van der Waals surface area contributed by atoms with Gasteiger partial charge >= 0.3 is 0 Å². The number of hydroxylamine groups is 1. The standard InChI is InChI=1S/C27H39N9O3/c1-2-36-24-21(18-31-36)23(32-19-6-4-3-5-7-19)20(17-30-24)22-16-27(39-33-22,25(37)34-12-8-28-9-13-34)26(38)35-14-10-29-11-15-35/h16-19,28-29,33H,2-15H2,1H3,(H,30,32). The highest BCUT2D eigenvalue weighted by Crippen LogP contribution is 2.37. The molecule has 6 rings (SSSR count). The lowest BCUT2D eigenvalue weighted by Crippen LogP contribution is -2.63. The van der Waals surface area contributed by atoms with Gasteiger partial charge < -0.3 is 25.8 Å². The highest BCUT2D eigenvalue weighted by molar-refractivity contribution is 6.13. The number of amides is 2. The fourth-order valence-electron chi connectivity index (χ4n) is 6.11. The van der Waals surface area contributed by atoms with Gasteiger partial charge in [0.25, 0.3) is 17.4 Å². The van der Waals surface area contributed by atoms with E-state index in [4.69, 9.17) is 9.82 Å². The number of fused-ring (bicyclic) bond motifs is 1. The minimum absolute atomic E-state index is 0.329. The first kappa shape index (κ1) is 26.0. The summed E-state index contributed by atoms with van der Waals surface area (Å²) in [7, 11) is 0. The maximum absolute atomic E-state index is 14.0. The first-order valence-electron chi connectivity index (χ1n) is 14.4. The summed E-state index contributed by atoms with van der Waals surface area (Å²) in [4.78, 5) is 42.3. The Morgan fingerprint density at radius 2 is 1.64 bits per heavy atom. The van der Waals surface area contributed by atoms with Crippen molar-refractivity contribution in [2.45, 2.75) is 57.2 Å². The summed E-state index contributed by atoms with van der Waals surface area (Å²) >= 11 is 0. The van der Waals surface area contributed by atoms with Gasteiger partial charge in [0.05, 0.1) is 23.0 Å². The van der Waals surface area contributed by atoms with E-state index in [1.165, 1.54) is 19.3 Å². The molecule has 4 aliphatic rings. The quantitative estimate of drug-likeness (QED) is 0.393. The molecule has 12 heteroatoms. The Hall–Kier alpha value is -3.22. The molecule has 0 atom stereocenters. The van der Waals surface area contributed by atoms with Crippen LogP contribution < -0.4 is 21.4 Å². The number of rotatable bonds is 6. The molecule has 2 saturated heterocycles. The Morgan fingerprint density at radius 3 is 2.26 bits per heavy atom. The molecular formula is C27H39N9O3. The average Bonchev–Trinajstić information content (AvgIpc) is 3.64. The van der Waals surface area contributed by atoms with Crippen molar-refractivity contribution in [3.05, 3.63) is 24.0 Å². The second kappa shape index (κ2) is 11.1. The molecule has 2 aromatic heterocycles. The van der Waals surface area contributed by atoms with Crippen LogP contribution in [-0.2, 0) is 21.0 Å². The molecule has 210 valence electrons. The van der Waals surface area contributed by atoms with E-state index >= 15 is 0 Å². The van der Waals surface area contributed by atoms with Gasteiger partial charge in [0.1, 0.15) is 0 Å². The number of carbonyl (C=O) groups is 2. The second-order valence-corrected chi connectivity index (χ2v) is 10.8. The van der Waals surface area contributed by atoms with Crippen LogP contribution in [0.2, 0.25) is 0 Å². The van der Waals surface area contributed by atoms with Gasteiger partial charge in [-0.15, -0.1) is 0 Å². The summed E-state index contributed by atoms with van der Waals surface area (Å²) in [6.45, 7) is 7.61. The van der Waals surface area contributed by atoms with Crippen LogP contribution in [0.3, 0.4) is 0 Å². The van der Waals surface area contributed by atoms with E-state index in [1.54, 1.807) is 22.1 Å². The lowest BCUT2D eigenvalue weighted by atomic mass is 9.94. The van der Waals surface area contributed by atoms with Crippen LogP contribution in [0.15, 0.2) is 18.5 Å². The minimum atomic E-state index is -1.77. The van der Waals surface area contributed by atoms with Crippen molar-refractivity contribution in [3.8, 4) is 0 Å². The Bertz CT molecular complexity index is 1210. The van der Waals surface area contributed by atoms with Crippen molar-refractivity contribution in [1.29, 1.82) is 0 Å². The van der Waals surface area contributed by atoms with Crippen LogP contribution in [-0.4, -0.2) is 100 Å². The summed E-state index contributed by atoms with van der Waals surface area (Å²) in [5.74, 6) is -0.658. The van der Waals surface area contributed by atoms with Crippen molar-refractivity contribution >= 4 is 34.2 Å². The number of nitrogens with zero attached hydrogens (tertiary/aromatic N) is 5. The van der Waals surface area contributed by atoms with E-state index in [9.17, 15) is 9.59 Å². The molecule has 0 spiro atoms. The number of aromatic nitrogens is 3. The van der Waals surface area contributed by atoms with E-state index in [0.717, 1.165) is 35.1 Å². The van der Waals surface area contributed by atoms with E-state index in [-0.39, 0.29) is 11.8 Å². The molecule has 0 bridgehead atoms. The van der Waals surface area contributed by atoms with Gasteiger partial charge in [-0.1, -0.05) is 19.3 Å². The Labute approximate surface area is 228 Å². The van der Waals surface area contributed by atoms with E-state index in [1.807, 2.05) is 17.8 Å². The summed E-state index contributed by atoms with van der Waals surface area (Å²) < 4.78 is 1.88. The Morgan fingerprint density at radius 1 is 1.00 bits per heavy atom. The van der Waals surface area contributed by atoms with Gasteiger partial charge in [0.2, 0.25) is 0 Å². The van der Waals surface area contributed by atoms with E-state index < -0.39 is 5.60 Å². The number of aryl methyl sites for hydroxylation is 1. The second-order valence-electron chi connectivity index (χ2n) is 10.8. The fourth-order valence-corrected chi connectivity index (χ4v) is 6.11. The van der Waals surface area contributed by atoms with E-state index in [2.05, 4.69) is 26.5 Å². The first-order chi connectivity index (χ1) is 19.1. The highest BCUT2D eigenvalue weighted by atomic mass is 16.7. The Kier molecular flexibility index (Phi) is 7.41. The van der Waals surface area contributed by atoms with Gasteiger partial charge in [-0.3, -0.25) is 15.1 Å². The zero-order chi connectivity index (χ0) is 26.8. The summed E-state index contributed by atoms with van der Waals surface area (Å²) in [6, 6.07) is 0.339. The molecule has 2 aromatic rings. The van der Waals surface area contributed by atoms with Crippen LogP contribution in [0.5, 0.6) is 0 Å². The van der Waals surface area contributed by atoms with Crippen molar-refractivity contribution in [2.24, 2.45) is 0 Å². The maximum Gasteiger partial charge on any atom is 0.272 e. The monoisotopic (exact) mass is 537 g/mol. The third kappa shape index (κ3) is 4.85. The zero-order valence-corrected chi connectivity index (χ0v) is 22.7. The lowest BCUT2D eigenvalue weighted by Gasteiger charge is -2.37. The van der Waals surface area contributed by atoms with Crippen LogP contribution in [0.1, 0.15) is 44.6 Å². The third-order valence-corrected chi connectivity index (χ3v) is 8.32. The third-order valence-electron chi connectivity index (χ3n) is 8.32. The SMILES string of the molecule is CCn1ncc2c(NC3CCCCC3)c(C3=CC(C(=O)N4CCNCC4)(C(=O)N4CCNCC4)ON3)cnc21. The van der Waals surface area contributed by atoms with Crippen LogP contribution >= 0.6 is 0 Å². The predicted molar refractivity (Wildman–Crippen MR) is 148 cm³/mol. The van der Waals surface area contributed by atoms with Crippen molar-refractivity contribution in [1.82, 2.24) is 40.7 Å². The number of piperazine rings is 2. The van der Waals surface area contributed by atoms with Gasteiger partial charge in [-0.05, 0) is 25.8 Å². The molecule has 1 saturated carbocycles. The maximum atomic E-state index is 14.0. The van der Waals surface area contributed by atoms with Crippen LogP contribution in [0, 0.1) is 0 Å². The lowest BCUT2D eigenvalue weighted by molar-refractivity contribution is -0.171. The van der Waals surface area contributed by atoms with Crippen LogP contribution in [0.25, 0.3) is 16.7 Å². The highest BCUT2D eigenvalue weighted by Gasteiger charge is 2.54. The van der Waals surface area contributed by atoms with Crippen LogP contribution in [0.4, 0.5) is 5.69 Å². The first-order valence-corrected chi connectivity index (χ1v) is 14.4. The molecule has 3 aliphatic heterocycles. The van der Waals surface area contributed by atoms with Crippen molar-refractivity contribution < 1.29 is 14.4 Å². The van der Waals surface area contributed by atoms with Gasteiger partial charge in [-0.2, -0.15) is 5.10 Å². The molecule has 3 fully saturated rings. The number of pyridine rings is 1. The number of nitrogens with one attached hydrogen (secondary N) is 4. The molecule has 2 amide bonds. The average molecular weight is 538 g/mol. The van der Waals surface area contributed by atoms with Crippen molar-refractivity contribution in [3.63, 3.8) is 0 Å². The largest absolute Gasteiger partial charge is 0.381 e. The molecule has 0 radical (unpaired) electrons. The molecule has 0 unspecified atom stereocenters. The summed E-state index contributed by atoms with van der Waals surface area (Å²) in [5, 5.41) is 15.8. The number of carbonyl (C=O) groups excluding carboxylic acids is 2. The van der Waals surface area contributed by atoms with Gasteiger partial charge in [0, 0.05) is 76.7 Å². The molecule has 12 nitrogen and oxygen atoms in total. The summed E-state index contributed by atoms with van der Waals surface area (Å²) in [6.07, 6.45) is 11.2. The number of anilines is 1. The summed E-state index contributed by atoms with van der Waals surface area (Å²) in [5.41, 5.74) is 4.28. The van der Waals surface area contributed by atoms with Gasteiger partial charge in [0.15, 0.2) is 5.65 Å². The number of hydrogen-bond acceptors (Lipinski definition) is 9. The zero-order valence-electron chi connectivity index (χ0n) is 22.7. The van der Waals surface area contributed by atoms with E-state index in [0.29, 0.717) is 70.6 Å². The minimum Gasteiger partial charge on any atom is -0.381 e. The Balaban J connectivity index is 1.42. The normalized spacial score (nSPS) is 22.0. The molecule has 1 aliphatic carbocycles. The topological polar surface area (TPSA) is 129 Å². The molecule has 39 heavy (non-hydrogen) atoms. The van der Waals surface area contributed by atoms with Crippen molar-refractivity contribution in [2.75, 3.05) is 57.7 Å².